The summed E-state index contributed by atoms with van der Waals surface area (Å²) < 4.78 is 5.52. The largest absolute Gasteiger partial charge is 0.443 e. The average Bonchev–Trinajstić information content (AvgIpc) is 3.37. The summed E-state index contributed by atoms with van der Waals surface area (Å²) in [5, 5.41) is 14.7. The summed E-state index contributed by atoms with van der Waals surface area (Å²) in [7, 11) is 0. The first-order chi connectivity index (χ1) is 12.2. The van der Waals surface area contributed by atoms with Crippen LogP contribution in [0.2, 0.25) is 0 Å². The van der Waals surface area contributed by atoms with Crippen molar-refractivity contribution in [3.05, 3.63) is 59.3 Å². The number of hydrogen-bond donors (Lipinski definition) is 0. The van der Waals surface area contributed by atoms with E-state index in [9.17, 15) is 0 Å². The van der Waals surface area contributed by atoms with E-state index in [1.807, 2.05) is 29.6 Å². The number of tetrazole rings is 1. The second kappa shape index (κ2) is 6.60. The summed E-state index contributed by atoms with van der Waals surface area (Å²) in [6.07, 6.45) is 1.63. The van der Waals surface area contributed by atoms with Gasteiger partial charge in [-0.1, -0.05) is 44.2 Å². The molecule has 0 amide bonds. The monoisotopic (exact) mass is 351 g/mol. The molecule has 4 aromatic rings. The van der Waals surface area contributed by atoms with Gasteiger partial charge in [-0.2, -0.15) is 4.80 Å². The van der Waals surface area contributed by atoms with Crippen molar-refractivity contribution in [1.82, 2.24) is 25.2 Å². The number of thiophene rings is 1. The van der Waals surface area contributed by atoms with E-state index in [0.717, 1.165) is 16.1 Å². The summed E-state index contributed by atoms with van der Waals surface area (Å²) in [4.78, 5) is 7.01. The molecule has 3 aromatic heterocycles. The topological polar surface area (TPSA) is 69.6 Å². The number of benzene rings is 1. The molecular formula is C18H17N5OS. The summed E-state index contributed by atoms with van der Waals surface area (Å²) in [6, 6.07) is 12.2. The van der Waals surface area contributed by atoms with Crippen LogP contribution in [0.25, 0.3) is 22.2 Å². The van der Waals surface area contributed by atoms with Gasteiger partial charge in [0.1, 0.15) is 18.5 Å². The van der Waals surface area contributed by atoms with Crippen molar-refractivity contribution < 1.29 is 4.42 Å². The number of aromatic nitrogens is 5. The molecule has 0 saturated heterocycles. The van der Waals surface area contributed by atoms with Gasteiger partial charge >= 0.3 is 0 Å². The number of nitrogens with zero attached hydrogens (tertiary/aromatic N) is 5. The maximum Gasteiger partial charge on any atom is 0.236 e. The molecule has 0 unspecified atom stereocenters. The number of rotatable bonds is 5. The van der Waals surface area contributed by atoms with Crippen molar-refractivity contribution in [3.8, 4) is 22.2 Å². The average molecular weight is 351 g/mol. The van der Waals surface area contributed by atoms with Crippen LogP contribution in [0.4, 0.5) is 0 Å². The zero-order valence-corrected chi connectivity index (χ0v) is 14.8. The molecule has 7 heteroatoms. The van der Waals surface area contributed by atoms with Crippen LogP contribution in [0.5, 0.6) is 0 Å². The first-order valence-corrected chi connectivity index (χ1v) is 8.93. The number of hydrogen-bond acceptors (Lipinski definition) is 6. The third-order valence-electron chi connectivity index (χ3n) is 3.88. The van der Waals surface area contributed by atoms with Crippen molar-refractivity contribution in [2.75, 3.05) is 0 Å². The van der Waals surface area contributed by atoms with Crippen LogP contribution in [0, 0.1) is 0 Å². The van der Waals surface area contributed by atoms with Gasteiger partial charge < -0.3 is 4.42 Å². The molecule has 4 rings (SSSR count). The Balaban J connectivity index is 1.50. The maximum absolute atomic E-state index is 5.52. The molecule has 126 valence electrons. The molecule has 0 atom stereocenters. The molecule has 1 aromatic carbocycles. The van der Waals surface area contributed by atoms with Crippen LogP contribution < -0.4 is 0 Å². The minimum Gasteiger partial charge on any atom is -0.443 e. The van der Waals surface area contributed by atoms with E-state index < -0.39 is 0 Å². The fourth-order valence-corrected chi connectivity index (χ4v) is 3.14. The minimum atomic E-state index is 0.423. The highest BCUT2D eigenvalue weighted by Gasteiger charge is 2.11. The fourth-order valence-electron chi connectivity index (χ4n) is 2.48. The molecule has 0 saturated carbocycles. The van der Waals surface area contributed by atoms with Crippen LogP contribution in [0.3, 0.4) is 0 Å². The van der Waals surface area contributed by atoms with E-state index in [1.165, 1.54) is 10.4 Å². The zero-order chi connectivity index (χ0) is 17.2. The lowest BCUT2D eigenvalue weighted by Gasteiger charge is -2.04. The Bertz CT molecular complexity index is 954. The van der Waals surface area contributed by atoms with Crippen LogP contribution in [0.15, 0.2) is 52.5 Å². The molecule has 0 fully saturated rings. The highest BCUT2D eigenvalue weighted by Crippen LogP contribution is 2.24. The van der Waals surface area contributed by atoms with E-state index >= 15 is 0 Å². The zero-order valence-electron chi connectivity index (χ0n) is 14.0. The molecule has 6 nitrogen and oxygen atoms in total. The van der Waals surface area contributed by atoms with Crippen molar-refractivity contribution >= 4 is 11.3 Å². The molecule has 0 aliphatic heterocycles. The lowest BCUT2D eigenvalue weighted by atomic mass is 10.0. The van der Waals surface area contributed by atoms with Gasteiger partial charge in [-0.3, -0.25) is 0 Å². The maximum atomic E-state index is 5.52. The molecule has 0 aliphatic carbocycles. The van der Waals surface area contributed by atoms with Crippen LogP contribution in [-0.2, 0) is 6.54 Å². The van der Waals surface area contributed by atoms with Crippen molar-refractivity contribution in [2.24, 2.45) is 0 Å². The van der Waals surface area contributed by atoms with Gasteiger partial charge in [0.25, 0.3) is 0 Å². The Morgan fingerprint density at radius 1 is 1.16 bits per heavy atom. The Kier molecular flexibility index (Phi) is 4.15. The second-order valence-corrected chi connectivity index (χ2v) is 6.99. The molecule has 0 spiro atoms. The van der Waals surface area contributed by atoms with Gasteiger partial charge in [0.05, 0.1) is 4.88 Å². The molecule has 0 radical (unpaired) electrons. The van der Waals surface area contributed by atoms with E-state index in [0.29, 0.717) is 24.2 Å². The first kappa shape index (κ1) is 15.7. The van der Waals surface area contributed by atoms with Crippen molar-refractivity contribution in [1.29, 1.82) is 0 Å². The number of oxazole rings is 1. The smallest absolute Gasteiger partial charge is 0.236 e. The standard InChI is InChI=1S/C18H17N5OS/c1-12(2)13-5-7-14(8-6-13)17-20-22-23(21-17)10-15-11-24-18(19-15)16-4-3-9-25-16/h3-9,11-12H,10H2,1-2H3. The highest BCUT2D eigenvalue weighted by atomic mass is 32.1. The molecule has 3 heterocycles. The van der Waals surface area contributed by atoms with Crippen molar-refractivity contribution in [2.45, 2.75) is 26.3 Å². The summed E-state index contributed by atoms with van der Waals surface area (Å²) in [5.41, 5.74) is 3.01. The Morgan fingerprint density at radius 3 is 2.72 bits per heavy atom. The van der Waals surface area contributed by atoms with E-state index in [-0.39, 0.29) is 0 Å². The predicted octanol–water partition coefficient (Wildman–Crippen LogP) is 4.23. The van der Waals surface area contributed by atoms with Crippen LogP contribution in [-0.4, -0.2) is 25.2 Å². The van der Waals surface area contributed by atoms with Gasteiger partial charge in [-0.25, -0.2) is 4.98 Å². The molecule has 25 heavy (non-hydrogen) atoms. The van der Waals surface area contributed by atoms with E-state index in [1.54, 1.807) is 17.6 Å². The van der Waals surface area contributed by atoms with Gasteiger partial charge in [0, 0.05) is 5.56 Å². The normalized spacial score (nSPS) is 11.3. The van der Waals surface area contributed by atoms with Crippen molar-refractivity contribution in [3.63, 3.8) is 0 Å². The van der Waals surface area contributed by atoms with Crippen LogP contribution in [0.1, 0.15) is 31.0 Å². The SMILES string of the molecule is CC(C)c1ccc(-c2nnn(Cc3coc(-c4cccs4)n3)n2)cc1. The molecular weight excluding hydrogens is 334 g/mol. The van der Waals surface area contributed by atoms with Gasteiger partial charge in [0.15, 0.2) is 0 Å². The summed E-state index contributed by atoms with van der Waals surface area (Å²) in [6.45, 7) is 4.77. The van der Waals surface area contributed by atoms with E-state index in [2.05, 4.69) is 46.4 Å². The summed E-state index contributed by atoms with van der Waals surface area (Å²) >= 11 is 1.59. The second-order valence-electron chi connectivity index (χ2n) is 6.04. The van der Waals surface area contributed by atoms with Gasteiger partial charge in [-0.15, -0.1) is 21.5 Å². The Labute approximate surface area is 149 Å². The third kappa shape index (κ3) is 3.36. The lowest BCUT2D eigenvalue weighted by molar-refractivity contribution is 0.550. The molecule has 0 N–H and O–H groups in total. The first-order valence-electron chi connectivity index (χ1n) is 8.05. The predicted molar refractivity (Wildman–Crippen MR) is 96.3 cm³/mol. The molecule has 0 aliphatic rings. The van der Waals surface area contributed by atoms with Gasteiger partial charge in [0.2, 0.25) is 11.7 Å². The Morgan fingerprint density at radius 2 is 2.00 bits per heavy atom. The fraction of sp³-hybridized carbons (Fsp3) is 0.222. The lowest BCUT2D eigenvalue weighted by Crippen LogP contribution is -2.04. The van der Waals surface area contributed by atoms with Crippen LogP contribution >= 0.6 is 11.3 Å². The quantitative estimate of drug-likeness (QED) is 0.538. The third-order valence-corrected chi connectivity index (χ3v) is 4.73. The van der Waals surface area contributed by atoms with E-state index in [4.69, 9.17) is 4.42 Å². The van der Waals surface area contributed by atoms with Gasteiger partial charge in [-0.05, 0) is 28.1 Å². The minimum absolute atomic E-state index is 0.423. The summed E-state index contributed by atoms with van der Waals surface area (Å²) in [5.74, 6) is 1.73. The molecule has 0 bridgehead atoms. The Hall–Kier alpha value is -2.80. The highest BCUT2D eigenvalue weighted by molar-refractivity contribution is 7.13.